The molecule has 2 aliphatic rings. The summed E-state index contributed by atoms with van der Waals surface area (Å²) in [5, 5.41) is 0. The summed E-state index contributed by atoms with van der Waals surface area (Å²) < 4.78 is 0. The van der Waals surface area contributed by atoms with E-state index in [2.05, 4.69) is 30.0 Å². The van der Waals surface area contributed by atoms with Gasteiger partial charge in [-0.05, 0) is 68.2 Å². The van der Waals surface area contributed by atoms with Crippen molar-refractivity contribution in [1.29, 1.82) is 0 Å². The van der Waals surface area contributed by atoms with Gasteiger partial charge in [-0.2, -0.15) is 0 Å². The first kappa shape index (κ1) is 11.9. The molecule has 18 heavy (non-hydrogen) atoms. The number of fused-ring (bicyclic) bond motifs is 1. The van der Waals surface area contributed by atoms with Crippen molar-refractivity contribution in [3.8, 4) is 0 Å². The Labute approximate surface area is 110 Å². The van der Waals surface area contributed by atoms with Crippen molar-refractivity contribution in [3.05, 3.63) is 23.8 Å². The second-order valence-corrected chi connectivity index (χ2v) is 6.10. The molecule has 0 atom stereocenters. The maximum absolute atomic E-state index is 5.91. The molecule has 0 aromatic heterocycles. The van der Waals surface area contributed by atoms with Gasteiger partial charge in [0.1, 0.15) is 0 Å². The van der Waals surface area contributed by atoms with Crippen LogP contribution in [0.1, 0.15) is 44.6 Å². The fourth-order valence-electron chi connectivity index (χ4n) is 3.58. The van der Waals surface area contributed by atoms with Crippen molar-refractivity contribution in [2.45, 2.75) is 51.5 Å². The third kappa shape index (κ3) is 2.21. The molecule has 1 aromatic rings. The molecule has 0 bridgehead atoms. The van der Waals surface area contributed by atoms with E-state index in [9.17, 15) is 0 Å². The van der Waals surface area contributed by atoms with Gasteiger partial charge in [-0.3, -0.25) is 0 Å². The summed E-state index contributed by atoms with van der Waals surface area (Å²) in [6.07, 6.45) is 8.00. The summed E-state index contributed by atoms with van der Waals surface area (Å²) in [5.41, 5.74) is 9.73. The van der Waals surface area contributed by atoms with Crippen LogP contribution in [0.3, 0.4) is 0 Å². The maximum atomic E-state index is 5.91. The monoisotopic (exact) mass is 244 g/mol. The minimum Gasteiger partial charge on any atom is -0.399 e. The van der Waals surface area contributed by atoms with Crippen LogP contribution < -0.4 is 10.6 Å². The highest BCUT2D eigenvalue weighted by molar-refractivity contribution is 5.61. The number of nitrogens with zero attached hydrogens (tertiary/aromatic N) is 1. The molecule has 1 aliphatic heterocycles. The Morgan fingerprint density at radius 1 is 1.17 bits per heavy atom. The molecule has 0 amide bonds. The third-order valence-electron chi connectivity index (χ3n) is 4.68. The summed E-state index contributed by atoms with van der Waals surface area (Å²) in [6, 6.07) is 7.24. The largest absolute Gasteiger partial charge is 0.399 e. The topological polar surface area (TPSA) is 29.3 Å². The predicted molar refractivity (Wildman–Crippen MR) is 77.9 cm³/mol. The first-order chi connectivity index (χ1) is 8.74. The van der Waals surface area contributed by atoms with Crippen molar-refractivity contribution in [2.24, 2.45) is 5.92 Å². The van der Waals surface area contributed by atoms with E-state index in [1.165, 1.54) is 56.3 Å². The molecule has 1 saturated carbocycles. The Morgan fingerprint density at radius 3 is 2.72 bits per heavy atom. The van der Waals surface area contributed by atoms with Gasteiger partial charge in [-0.25, -0.2) is 0 Å². The van der Waals surface area contributed by atoms with Crippen molar-refractivity contribution >= 4 is 11.4 Å². The molecule has 98 valence electrons. The lowest BCUT2D eigenvalue weighted by atomic mass is 9.85. The highest BCUT2D eigenvalue weighted by atomic mass is 15.2. The molecule has 3 rings (SSSR count). The lowest BCUT2D eigenvalue weighted by Crippen LogP contribution is -2.41. The van der Waals surface area contributed by atoms with Crippen molar-refractivity contribution in [2.75, 3.05) is 17.2 Å². The number of nitrogens with two attached hydrogens (primary N) is 1. The van der Waals surface area contributed by atoms with Gasteiger partial charge >= 0.3 is 0 Å². The molecule has 1 fully saturated rings. The third-order valence-corrected chi connectivity index (χ3v) is 4.68. The van der Waals surface area contributed by atoms with E-state index in [4.69, 9.17) is 5.73 Å². The Hall–Kier alpha value is -1.18. The van der Waals surface area contributed by atoms with Crippen LogP contribution in [0.2, 0.25) is 0 Å². The van der Waals surface area contributed by atoms with Crippen LogP contribution in [0.25, 0.3) is 0 Å². The van der Waals surface area contributed by atoms with Crippen molar-refractivity contribution < 1.29 is 0 Å². The molecule has 2 heteroatoms. The molecule has 1 aliphatic carbocycles. The molecular formula is C16H24N2. The van der Waals surface area contributed by atoms with Crippen LogP contribution in [0.4, 0.5) is 11.4 Å². The number of aryl methyl sites for hydroxylation is 1. The lowest BCUT2D eigenvalue weighted by Gasteiger charge is -2.41. The Balaban J connectivity index is 1.82. The quantitative estimate of drug-likeness (QED) is 0.765. The second kappa shape index (κ2) is 4.83. The number of rotatable bonds is 1. The van der Waals surface area contributed by atoms with Crippen LogP contribution in [0.5, 0.6) is 0 Å². The van der Waals surface area contributed by atoms with E-state index in [1.54, 1.807) is 0 Å². The van der Waals surface area contributed by atoms with E-state index in [0.29, 0.717) is 0 Å². The summed E-state index contributed by atoms with van der Waals surface area (Å²) >= 11 is 0. The van der Waals surface area contributed by atoms with Gasteiger partial charge in [-0.1, -0.05) is 6.92 Å². The molecule has 0 unspecified atom stereocenters. The molecule has 2 N–H and O–H groups in total. The molecular weight excluding hydrogens is 220 g/mol. The zero-order chi connectivity index (χ0) is 12.5. The average Bonchev–Trinajstić information content (AvgIpc) is 2.38. The Morgan fingerprint density at radius 2 is 1.94 bits per heavy atom. The Bertz CT molecular complexity index is 419. The fraction of sp³-hybridized carbons (Fsp3) is 0.625. The molecule has 1 aromatic carbocycles. The number of hydrogen-bond acceptors (Lipinski definition) is 2. The van der Waals surface area contributed by atoms with Gasteiger partial charge in [0, 0.05) is 24.0 Å². The summed E-state index contributed by atoms with van der Waals surface area (Å²) in [4.78, 5) is 2.66. The van der Waals surface area contributed by atoms with Gasteiger partial charge in [-0.15, -0.1) is 0 Å². The van der Waals surface area contributed by atoms with E-state index in [0.717, 1.165) is 17.6 Å². The minimum atomic E-state index is 0.767. The minimum absolute atomic E-state index is 0.767. The molecule has 2 nitrogen and oxygen atoms in total. The number of hydrogen-bond donors (Lipinski definition) is 1. The van der Waals surface area contributed by atoms with Gasteiger partial charge in [0.25, 0.3) is 0 Å². The van der Waals surface area contributed by atoms with E-state index >= 15 is 0 Å². The van der Waals surface area contributed by atoms with Crippen LogP contribution in [0.15, 0.2) is 18.2 Å². The molecule has 0 radical (unpaired) electrons. The SMILES string of the molecule is CC1CCC(N2CCCc3cc(N)ccc32)CC1. The van der Waals surface area contributed by atoms with Crippen LogP contribution in [-0.4, -0.2) is 12.6 Å². The Kier molecular flexibility index (Phi) is 3.19. The summed E-state index contributed by atoms with van der Waals surface area (Å²) in [6.45, 7) is 3.62. The van der Waals surface area contributed by atoms with Crippen LogP contribution in [0, 0.1) is 5.92 Å². The number of nitrogen functional groups attached to an aromatic ring is 1. The summed E-state index contributed by atoms with van der Waals surface area (Å²) in [5.74, 6) is 0.928. The zero-order valence-electron chi connectivity index (χ0n) is 11.4. The normalized spacial score (nSPS) is 27.9. The second-order valence-electron chi connectivity index (χ2n) is 6.10. The van der Waals surface area contributed by atoms with Crippen molar-refractivity contribution in [3.63, 3.8) is 0 Å². The van der Waals surface area contributed by atoms with Gasteiger partial charge < -0.3 is 10.6 Å². The zero-order valence-corrected chi connectivity index (χ0v) is 11.4. The van der Waals surface area contributed by atoms with Gasteiger partial charge in [0.05, 0.1) is 0 Å². The number of benzene rings is 1. The van der Waals surface area contributed by atoms with Crippen molar-refractivity contribution in [1.82, 2.24) is 0 Å². The molecule has 1 heterocycles. The smallest absolute Gasteiger partial charge is 0.0402 e. The molecule has 0 spiro atoms. The van der Waals surface area contributed by atoms with Crippen LogP contribution in [-0.2, 0) is 6.42 Å². The van der Waals surface area contributed by atoms with E-state index in [-0.39, 0.29) is 0 Å². The first-order valence-electron chi connectivity index (χ1n) is 7.39. The van der Waals surface area contributed by atoms with Crippen LogP contribution >= 0.6 is 0 Å². The lowest BCUT2D eigenvalue weighted by molar-refractivity contribution is 0.331. The fourth-order valence-corrected chi connectivity index (χ4v) is 3.58. The molecule has 0 saturated heterocycles. The first-order valence-corrected chi connectivity index (χ1v) is 7.39. The highest BCUT2D eigenvalue weighted by Gasteiger charge is 2.27. The maximum Gasteiger partial charge on any atom is 0.0402 e. The van der Waals surface area contributed by atoms with E-state index < -0.39 is 0 Å². The summed E-state index contributed by atoms with van der Waals surface area (Å²) in [7, 11) is 0. The van der Waals surface area contributed by atoms with E-state index in [1.807, 2.05) is 0 Å². The standard InChI is InChI=1S/C16H24N2/c1-12-4-7-15(8-5-12)18-10-2-3-13-11-14(17)6-9-16(13)18/h6,9,11-12,15H,2-5,7-8,10,17H2,1H3. The van der Waals surface area contributed by atoms with Gasteiger partial charge in [0.15, 0.2) is 0 Å². The predicted octanol–water partition coefficient (Wildman–Crippen LogP) is 3.60. The average molecular weight is 244 g/mol. The highest BCUT2D eigenvalue weighted by Crippen LogP contribution is 2.35. The number of anilines is 2. The van der Waals surface area contributed by atoms with Gasteiger partial charge in [0.2, 0.25) is 0 Å².